The summed E-state index contributed by atoms with van der Waals surface area (Å²) in [7, 11) is 1.30. The normalized spacial score (nSPS) is 23.2. The van der Waals surface area contributed by atoms with Crippen LogP contribution < -0.4 is 11.1 Å². The van der Waals surface area contributed by atoms with Crippen LogP contribution in [0.1, 0.15) is 32.9 Å². The number of β-lactam (4-membered cyclic amide) rings is 1. The second kappa shape index (κ2) is 12.2. The fourth-order valence-corrected chi connectivity index (χ4v) is 6.12. The van der Waals surface area contributed by atoms with Crippen LogP contribution in [-0.4, -0.2) is 89.0 Å². The van der Waals surface area contributed by atoms with Gasteiger partial charge in [0.2, 0.25) is 11.8 Å². The SMILES string of the molecule is CO/N=C(/C(=O)NC1C(=O)N2C(C(=S)OCOC(=O)C(C)(C)C)=C(CC3COCO3)CS[C@H]12)c1csc(N)n1. The minimum absolute atomic E-state index is 0.00799. The third-order valence-corrected chi connectivity index (χ3v) is 8.17. The zero-order valence-electron chi connectivity index (χ0n) is 21.8. The molecule has 13 nitrogen and oxygen atoms in total. The van der Waals surface area contributed by atoms with Crippen molar-refractivity contribution in [2.24, 2.45) is 10.6 Å². The number of rotatable bonds is 9. The predicted octanol–water partition coefficient (Wildman–Crippen LogP) is 1.38. The average molecular weight is 600 g/mol. The monoisotopic (exact) mass is 599 g/mol. The van der Waals surface area contributed by atoms with E-state index in [-0.39, 0.29) is 40.4 Å². The minimum atomic E-state index is -0.857. The Morgan fingerprint density at radius 1 is 1.36 bits per heavy atom. The van der Waals surface area contributed by atoms with Gasteiger partial charge in [0, 0.05) is 17.6 Å². The molecule has 1 aromatic heterocycles. The molecule has 3 N–H and O–H groups in total. The number of aromatic nitrogens is 1. The van der Waals surface area contributed by atoms with Crippen molar-refractivity contribution in [3.8, 4) is 0 Å². The van der Waals surface area contributed by atoms with Crippen LogP contribution in [0.4, 0.5) is 5.13 Å². The van der Waals surface area contributed by atoms with Crippen molar-refractivity contribution in [2.75, 3.05) is 38.8 Å². The molecule has 4 rings (SSSR count). The Morgan fingerprint density at radius 2 is 2.13 bits per heavy atom. The lowest BCUT2D eigenvalue weighted by molar-refractivity contribution is -0.160. The van der Waals surface area contributed by atoms with E-state index in [0.29, 0.717) is 24.5 Å². The lowest BCUT2D eigenvalue weighted by Crippen LogP contribution is -2.71. The molecule has 1 aromatic rings. The van der Waals surface area contributed by atoms with Gasteiger partial charge in [-0.15, -0.1) is 23.1 Å². The van der Waals surface area contributed by atoms with E-state index in [1.54, 1.807) is 26.2 Å². The third kappa shape index (κ3) is 6.51. The van der Waals surface area contributed by atoms with Gasteiger partial charge in [-0.05, 0) is 38.6 Å². The topological polar surface area (TPSA) is 164 Å². The summed E-state index contributed by atoms with van der Waals surface area (Å²) in [5.74, 6) is -0.972. The highest BCUT2D eigenvalue weighted by atomic mass is 32.2. The van der Waals surface area contributed by atoms with Crippen molar-refractivity contribution in [1.82, 2.24) is 15.2 Å². The van der Waals surface area contributed by atoms with Gasteiger partial charge < -0.3 is 34.8 Å². The van der Waals surface area contributed by atoms with Crippen molar-refractivity contribution in [3.63, 3.8) is 0 Å². The van der Waals surface area contributed by atoms with Crippen LogP contribution in [-0.2, 0) is 38.2 Å². The van der Waals surface area contributed by atoms with Gasteiger partial charge in [0.15, 0.2) is 10.8 Å². The van der Waals surface area contributed by atoms with Gasteiger partial charge >= 0.3 is 5.97 Å². The number of nitrogens with two attached hydrogens (primary N) is 1. The third-order valence-electron chi connectivity index (χ3n) is 5.85. The highest BCUT2D eigenvalue weighted by molar-refractivity contribution is 8.00. The molecule has 0 saturated carbocycles. The van der Waals surface area contributed by atoms with Crippen molar-refractivity contribution in [1.29, 1.82) is 0 Å². The van der Waals surface area contributed by atoms with Crippen LogP contribution >= 0.6 is 35.3 Å². The quantitative estimate of drug-likeness (QED) is 0.105. The summed E-state index contributed by atoms with van der Waals surface area (Å²) in [4.78, 5) is 48.9. The number of carbonyl (C=O) groups excluding carboxylic acids is 3. The largest absolute Gasteiger partial charge is 0.445 e. The summed E-state index contributed by atoms with van der Waals surface area (Å²) in [5, 5.41) is 7.88. The molecule has 0 spiro atoms. The number of fused-ring (bicyclic) bond motifs is 1. The van der Waals surface area contributed by atoms with Gasteiger partial charge in [-0.1, -0.05) is 5.16 Å². The molecule has 4 heterocycles. The maximum absolute atomic E-state index is 13.4. The number of amides is 2. The number of anilines is 1. The number of nitrogen functional groups attached to an aromatic ring is 1. The van der Waals surface area contributed by atoms with Gasteiger partial charge in [0.1, 0.15) is 31.0 Å². The molecule has 0 aliphatic carbocycles. The van der Waals surface area contributed by atoms with Crippen LogP contribution in [0.25, 0.3) is 0 Å². The van der Waals surface area contributed by atoms with Crippen LogP contribution in [0.15, 0.2) is 21.8 Å². The zero-order chi connectivity index (χ0) is 28.3. The molecule has 39 heavy (non-hydrogen) atoms. The Bertz CT molecular complexity index is 1200. The molecule has 2 amide bonds. The summed E-state index contributed by atoms with van der Waals surface area (Å²) < 4.78 is 21.7. The predicted molar refractivity (Wildman–Crippen MR) is 147 cm³/mol. The Balaban J connectivity index is 1.50. The van der Waals surface area contributed by atoms with E-state index in [0.717, 1.165) is 16.9 Å². The van der Waals surface area contributed by atoms with Crippen molar-refractivity contribution in [2.45, 2.75) is 44.7 Å². The summed E-state index contributed by atoms with van der Waals surface area (Å²) in [6.45, 7) is 5.37. The first kappa shape index (κ1) is 29.2. The number of hydrogen-bond donors (Lipinski definition) is 2. The molecule has 3 aliphatic heterocycles. The Morgan fingerprint density at radius 3 is 2.74 bits per heavy atom. The molecular weight excluding hydrogens is 570 g/mol. The average Bonchev–Trinajstić information content (AvgIpc) is 3.56. The molecule has 2 fully saturated rings. The second-order valence-electron chi connectivity index (χ2n) is 9.72. The van der Waals surface area contributed by atoms with Crippen molar-refractivity contribution < 1.29 is 38.2 Å². The lowest BCUT2D eigenvalue weighted by Gasteiger charge is -2.50. The highest BCUT2D eigenvalue weighted by Gasteiger charge is 2.54. The second-order valence-corrected chi connectivity index (χ2v) is 12.1. The molecular formula is C23H29N5O8S3. The molecule has 212 valence electrons. The fourth-order valence-electron chi connectivity index (χ4n) is 3.92. The first-order chi connectivity index (χ1) is 18.5. The standard InChI is InChI=1S/C23H29N5O8S3/c1-23(2,3)21(31)36-10-35-20(37)16-11(5-12-6-33-9-34-12)7-38-19-15(18(30)28(16)19)26-17(29)14(27-32-4)13-8-39-22(24)25-13/h8,12,15,19H,5-7,9-10H2,1-4H3,(H2,24,25)(H,26,29)/b27-14+/t12?,15?,19-/m1/s1. The summed E-state index contributed by atoms with van der Waals surface area (Å²) in [5.41, 5.74) is 6.34. The molecule has 3 atom stereocenters. The molecule has 0 aromatic carbocycles. The number of ether oxygens (including phenoxy) is 4. The summed E-state index contributed by atoms with van der Waals surface area (Å²) >= 11 is 8.15. The fraction of sp³-hybridized carbons (Fsp3) is 0.565. The van der Waals surface area contributed by atoms with E-state index >= 15 is 0 Å². The molecule has 2 unspecified atom stereocenters. The van der Waals surface area contributed by atoms with E-state index in [4.69, 9.17) is 41.7 Å². The minimum Gasteiger partial charge on any atom is -0.445 e. The number of esters is 1. The van der Waals surface area contributed by atoms with Gasteiger partial charge in [-0.3, -0.25) is 19.3 Å². The molecule has 3 aliphatic rings. The Hall–Kier alpha value is -2.79. The van der Waals surface area contributed by atoms with Crippen molar-refractivity contribution >= 4 is 69.0 Å². The number of nitrogens with zero attached hydrogens (tertiary/aromatic N) is 3. The molecule has 16 heteroatoms. The van der Waals surface area contributed by atoms with E-state index in [1.165, 1.54) is 23.8 Å². The van der Waals surface area contributed by atoms with Crippen molar-refractivity contribution in [3.05, 3.63) is 22.3 Å². The number of nitrogens with one attached hydrogen (secondary N) is 1. The first-order valence-corrected chi connectivity index (χ1v) is 14.2. The summed E-state index contributed by atoms with van der Waals surface area (Å²) in [6, 6.07) is -0.857. The van der Waals surface area contributed by atoms with Crippen LogP contribution in [0.3, 0.4) is 0 Å². The van der Waals surface area contributed by atoms with Gasteiger partial charge in [-0.2, -0.15) is 0 Å². The van der Waals surface area contributed by atoms with Crippen LogP contribution in [0.5, 0.6) is 0 Å². The number of hydrogen-bond acceptors (Lipinski definition) is 14. The Labute approximate surface area is 238 Å². The first-order valence-electron chi connectivity index (χ1n) is 11.8. The lowest BCUT2D eigenvalue weighted by atomic mass is 9.98. The Kier molecular flexibility index (Phi) is 9.10. The van der Waals surface area contributed by atoms with E-state index in [2.05, 4.69) is 15.5 Å². The van der Waals surface area contributed by atoms with E-state index in [1.807, 2.05) is 0 Å². The van der Waals surface area contributed by atoms with Crippen LogP contribution in [0.2, 0.25) is 0 Å². The smallest absolute Gasteiger partial charge is 0.314 e. The number of thioether (sulfide) groups is 1. The van der Waals surface area contributed by atoms with Gasteiger partial charge in [-0.25, -0.2) is 4.98 Å². The molecule has 0 radical (unpaired) electrons. The maximum atomic E-state index is 13.4. The number of carbonyl (C=O) groups is 3. The summed E-state index contributed by atoms with van der Waals surface area (Å²) in [6.07, 6.45) is 0.274. The van der Waals surface area contributed by atoms with E-state index in [9.17, 15) is 14.4 Å². The van der Waals surface area contributed by atoms with Crippen LogP contribution in [0, 0.1) is 5.41 Å². The molecule has 0 bridgehead atoms. The highest BCUT2D eigenvalue weighted by Crippen LogP contribution is 2.42. The maximum Gasteiger partial charge on any atom is 0.314 e. The number of thiocarbonyl (C=S) groups is 1. The zero-order valence-corrected chi connectivity index (χ0v) is 24.2. The van der Waals surface area contributed by atoms with Gasteiger partial charge in [0.05, 0.1) is 23.8 Å². The van der Waals surface area contributed by atoms with Gasteiger partial charge in [0.25, 0.3) is 11.8 Å². The number of thiazole rings is 1. The number of oxime groups is 1. The molecule has 2 saturated heterocycles. The van der Waals surface area contributed by atoms with E-state index < -0.39 is 35.5 Å².